The summed E-state index contributed by atoms with van der Waals surface area (Å²) in [4.78, 5) is 0. The maximum atomic E-state index is 11.0. The van der Waals surface area contributed by atoms with Gasteiger partial charge in [-0.25, -0.2) is 0 Å². The van der Waals surface area contributed by atoms with E-state index in [1.54, 1.807) is 0 Å². The van der Waals surface area contributed by atoms with E-state index in [2.05, 4.69) is 13.8 Å². The lowest BCUT2D eigenvalue weighted by atomic mass is 9.85. The zero-order valence-corrected chi connectivity index (χ0v) is 12.2. The molecular formula is C17H26O2. The first-order valence-corrected chi connectivity index (χ1v) is 7.60. The molecule has 1 fully saturated rings. The summed E-state index contributed by atoms with van der Waals surface area (Å²) < 4.78 is 5.81. The fourth-order valence-electron chi connectivity index (χ4n) is 2.96. The molecule has 2 rings (SSSR count). The highest BCUT2D eigenvalue weighted by Crippen LogP contribution is 2.41. The molecule has 106 valence electrons. The second kappa shape index (κ2) is 6.42. The van der Waals surface area contributed by atoms with E-state index in [0.29, 0.717) is 6.61 Å². The molecule has 0 radical (unpaired) electrons. The van der Waals surface area contributed by atoms with E-state index >= 15 is 0 Å². The third kappa shape index (κ3) is 3.50. The largest absolute Gasteiger partial charge is 0.493 e. The van der Waals surface area contributed by atoms with Crippen molar-refractivity contribution in [2.24, 2.45) is 5.92 Å². The lowest BCUT2D eigenvalue weighted by Gasteiger charge is -2.29. The normalized spacial score (nSPS) is 27.8. The number of hydrogen-bond acceptors (Lipinski definition) is 2. The summed E-state index contributed by atoms with van der Waals surface area (Å²) in [5, 5.41) is 11.0. The zero-order chi connectivity index (χ0) is 13.7. The Balaban J connectivity index is 2.23. The van der Waals surface area contributed by atoms with Gasteiger partial charge in [0.05, 0.1) is 12.2 Å². The van der Waals surface area contributed by atoms with Gasteiger partial charge in [0, 0.05) is 5.56 Å². The minimum absolute atomic E-state index is 0.699. The number of aliphatic hydroxyl groups is 1. The van der Waals surface area contributed by atoms with E-state index in [4.69, 9.17) is 4.74 Å². The van der Waals surface area contributed by atoms with E-state index in [-0.39, 0.29) is 0 Å². The summed E-state index contributed by atoms with van der Waals surface area (Å²) in [6, 6.07) is 8.00. The Kier molecular flexibility index (Phi) is 4.87. The van der Waals surface area contributed by atoms with Gasteiger partial charge in [-0.1, -0.05) is 38.5 Å². The first kappa shape index (κ1) is 14.4. The lowest BCUT2D eigenvalue weighted by Crippen LogP contribution is -2.25. The van der Waals surface area contributed by atoms with Crippen molar-refractivity contribution in [1.82, 2.24) is 0 Å². The molecule has 1 aromatic rings. The Morgan fingerprint density at radius 1 is 1.26 bits per heavy atom. The van der Waals surface area contributed by atoms with Crippen LogP contribution in [0.5, 0.6) is 5.75 Å². The lowest BCUT2D eigenvalue weighted by molar-refractivity contribution is 0.0170. The van der Waals surface area contributed by atoms with Gasteiger partial charge in [-0.3, -0.25) is 0 Å². The Hall–Kier alpha value is -1.02. The highest BCUT2D eigenvalue weighted by molar-refractivity contribution is 5.38. The molecule has 0 bridgehead atoms. The van der Waals surface area contributed by atoms with Gasteiger partial charge >= 0.3 is 0 Å². The van der Waals surface area contributed by atoms with Crippen LogP contribution < -0.4 is 4.74 Å². The molecule has 19 heavy (non-hydrogen) atoms. The maximum absolute atomic E-state index is 11.0. The van der Waals surface area contributed by atoms with Crippen LogP contribution in [0, 0.1) is 5.92 Å². The first-order valence-electron chi connectivity index (χ1n) is 7.60. The predicted octanol–water partition coefficient (Wildman–Crippen LogP) is 4.26. The van der Waals surface area contributed by atoms with E-state index in [9.17, 15) is 5.11 Å². The van der Waals surface area contributed by atoms with Crippen molar-refractivity contribution in [1.29, 1.82) is 0 Å². The second-order valence-corrected chi connectivity index (χ2v) is 5.91. The van der Waals surface area contributed by atoms with E-state index in [1.807, 2.05) is 24.3 Å². The number of ether oxygens (including phenoxy) is 1. The molecule has 0 spiro atoms. The van der Waals surface area contributed by atoms with Crippen LogP contribution in [0.25, 0.3) is 0 Å². The Morgan fingerprint density at radius 3 is 2.84 bits per heavy atom. The fourth-order valence-corrected chi connectivity index (χ4v) is 2.96. The molecule has 0 aromatic heterocycles. The van der Waals surface area contributed by atoms with Gasteiger partial charge in [0.15, 0.2) is 0 Å². The van der Waals surface area contributed by atoms with Gasteiger partial charge < -0.3 is 9.84 Å². The minimum atomic E-state index is -0.699. The van der Waals surface area contributed by atoms with Gasteiger partial charge in [-0.05, 0) is 44.1 Å². The summed E-state index contributed by atoms with van der Waals surface area (Å²) in [6.07, 6.45) is 6.10. The maximum Gasteiger partial charge on any atom is 0.125 e. The number of hydrogen-bond donors (Lipinski definition) is 1. The quantitative estimate of drug-likeness (QED) is 0.821. The smallest absolute Gasteiger partial charge is 0.125 e. The van der Waals surface area contributed by atoms with Crippen LogP contribution in [-0.2, 0) is 5.60 Å². The molecule has 2 unspecified atom stereocenters. The number of rotatable bonds is 4. The highest BCUT2D eigenvalue weighted by Gasteiger charge is 2.33. The molecule has 1 aliphatic rings. The third-order valence-corrected chi connectivity index (χ3v) is 4.19. The van der Waals surface area contributed by atoms with Crippen LogP contribution in [-0.4, -0.2) is 11.7 Å². The monoisotopic (exact) mass is 262 g/mol. The van der Waals surface area contributed by atoms with Crippen LogP contribution in [0.1, 0.15) is 57.9 Å². The Labute approximate surface area is 116 Å². The van der Waals surface area contributed by atoms with Crippen molar-refractivity contribution in [3.63, 3.8) is 0 Å². The summed E-state index contributed by atoms with van der Waals surface area (Å²) >= 11 is 0. The van der Waals surface area contributed by atoms with Gasteiger partial charge in [0.2, 0.25) is 0 Å². The van der Waals surface area contributed by atoms with Crippen molar-refractivity contribution < 1.29 is 9.84 Å². The van der Waals surface area contributed by atoms with Crippen LogP contribution in [0.4, 0.5) is 0 Å². The van der Waals surface area contributed by atoms with E-state index in [0.717, 1.165) is 49.3 Å². The number of para-hydroxylation sites is 1. The topological polar surface area (TPSA) is 29.5 Å². The zero-order valence-electron chi connectivity index (χ0n) is 12.2. The predicted molar refractivity (Wildman–Crippen MR) is 78.4 cm³/mol. The van der Waals surface area contributed by atoms with Crippen molar-refractivity contribution in [2.45, 2.75) is 58.0 Å². The van der Waals surface area contributed by atoms with Crippen molar-refractivity contribution in [2.75, 3.05) is 6.61 Å². The summed E-state index contributed by atoms with van der Waals surface area (Å²) in [7, 11) is 0. The summed E-state index contributed by atoms with van der Waals surface area (Å²) in [6.45, 7) is 5.10. The molecule has 0 saturated heterocycles. The molecule has 2 heteroatoms. The summed E-state index contributed by atoms with van der Waals surface area (Å²) in [5.41, 5.74) is 0.285. The van der Waals surface area contributed by atoms with Crippen LogP contribution in [0.15, 0.2) is 24.3 Å². The minimum Gasteiger partial charge on any atom is -0.493 e. The van der Waals surface area contributed by atoms with Crippen LogP contribution in [0.2, 0.25) is 0 Å². The molecule has 1 N–H and O–H groups in total. The molecule has 0 heterocycles. The molecule has 2 nitrogen and oxygen atoms in total. The van der Waals surface area contributed by atoms with Gasteiger partial charge in [0.25, 0.3) is 0 Å². The van der Waals surface area contributed by atoms with Gasteiger partial charge in [-0.15, -0.1) is 0 Å². The molecule has 2 atom stereocenters. The standard InChI is InChI=1S/C17H26O2/c1-3-13-19-16-9-5-4-8-15(16)17(18)11-6-7-14(2)10-12-17/h4-5,8-9,14,18H,3,6-7,10-13H2,1-2H3. The average Bonchev–Trinajstić information content (AvgIpc) is 2.60. The third-order valence-electron chi connectivity index (χ3n) is 4.19. The Bertz CT molecular complexity index is 402. The number of benzene rings is 1. The molecule has 1 aromatic carbocycles. The van der Waals surface area contributed by atoms with Crippen LogP contribution >= 0.6 is 0 Å². The van der Waals surface area contributed by atoms with E-state index < -0.39 is 5.60 Å². The first-order chi connectivity index (χ1) is 9.15. The highest BCUT2D eigenvalue weighted by atomic mass is 16.5. The molecule has 1 saturated carbocycles. The van der Waals surface area contributed by atoms with Crippen molar-refractivity contribution in [3.05, 3.63) is 29.8 Å². The van der Waals surface area contributed by atoms with Gasteiger partial charge in [-0.2, -0.15) is 0 Å². The van der Waals surface area contributed by atoms with Crippen molar-refractivity contribution in [3.8, 4) is 5.75 Å². The Morgan fingerprint density at radius 2 is 2.05 bits per heavy atom. The average molecular weight is 262 g/mol. The molecule has 1 aliphatic carbocycles. The summed E-state index contributed by atoms with van der Waals surface area (Å²) in [5.74, 6) is 1.58. The van der Waals surface area contributed by atoms with E-state index in [1.165, 1.54) is 6.42 Å². The van der Waals surface area contributed by atoms with Gasteiger partial charge in [0.1, 0.15) is 5.75 Å². The van der Waals surface area contributed by atoms with Crippen molar-refractivity contribution >= 4 is 0 Å². The fraction of sp³-hybridized carbons (Fsp3) is 0.647. The molecule has 0 aliphatic heterocycles. The van der Waals surface area contributed by atoms with Crippen LogP contribution in [0.3, 0.4) is 0 Å². The molecular weight excluding hydrogens is 236 g/mol. The molecule has 0 amide bonds. The second-order valence-electron chi connectivity index (χ2n) is 5.91. The SMILES string of the molecule is CCCOc1ccccc1C1(O)CCCC(C)CC1.